The van der Waals surface area contributed by atoms with Gasteiger partial charge in [-0.15, -0.1) is 10.2 Å². The van der Waals surface area contributed by atoms with Crippen molar-refractivity contribution in [2.45, 2.75) is 58.9 Å². The van der Waals surface area contributed by atoms with Crippen molar-refractivity contribution in [3.8, 4) is 0 Å². The lowest BCUT2D eigenvalue weighted by molar-refractivity contribution is 0.408. The first kappa shape index (κ1) is 15.8. The third-order valence-electron chi connectivity index (χ3n) is 4.29. The molecule has 23 heavy (non-hydrogen) atoms. The highest BCUT2D eigenvalue weighted by Crippen LogP contribution is 2.31. The minimum Gasteiger partial charge on any atom is -0.425 e. The Morgan fingerprint density at radius 2 is 1.96 bits per heavy atom. The normalized spacial score (nSPS) is 20.9. The lowest BCUT2D eigenvalue weighted by Gasteiger charge is -2.15. The molecule has 2 heterocycles. The summed E-state index contributed by atoms with van der Waals surface area (Å²) in [6.45, 7) is 5.43. The van der Waals surface area contributed by atoms with Crippen LogP contribution < -0.4 is 5.32 Å². The molecule has 0 amide bonds. The van der Waals surface area contributed by atoms with Crippen molar-refractivity contribution in [2.24, 2.45) is 5.92 Å². The molecule has 1 aliphatic rings. The Morgan fingerprint density at radius 1 is 1.17 bits per heavy atom. The summed E-state index contributed by atoms with van der Waals surface area (Å²) in [5, 5.41) is 11.3. The van der Waals surface area contributed by atoms with Crippen LogP contribution in [0.3, 0.4) is 0 Å². The van der Waals surface area contributed by atoms with Crippen molar-refractivity contribution in [1.29, 1.82) is 0 Å². The molecule has 2 aromatic heterocycles. The molecule has 7 heteroatoms. The summed E-state index contributed by atoms with van der Waals surface area (Å²) in [7, 11) is 0. The molecule has 1 N–H and O–H groups in total. The fraction of sp³-hybridized carbons (Fsp3) is 0.625. The van der Waals surface area contributed by atoms with Crippen LogP contribution >= 0.6 is 0 Å². The van der Waals surface area contributed by atoms with E-state index in [9.17, 15) is 4.39 Å². The molecular weight excluding hydrogens is 297 g/mol. The highest BCUT2D eigenvalue weighted by Gasteiger charge is 2.27. The van der Waals surface area contributed by atoms with Gasteiger partial charge in [0, 0.05) is 18.9 Å². The highest BCUT2D eigenvalue weighted by molar-refractivity contribution is 5.39. The fourth-order valence-electron chi connectivity index (χ4n) is 3.14. The average molecular weight is 319 g/mol. The monoisotopic (exact) mass is 319 g/mol. The molecule has 3 rings (SSSR count). The van der Waals surface area contributed by atoms with Crippen LogP contribution in [0.1, 0.15) is 49.5 Å². The molecule has 0 aliphatic heterocycles. The number of nitrogens with one attached hydrogen (secondary N) is 1. The standard InChI is InChI=1S/C16H22FN5O/c1-4-13-21-22-14(23-13)8-11-5-6-12(7-11)20-16-15(17)9(2)18-10(3)19-16/h11-12H,4-8H2,1-3H3,(H,18,19,20)/t11-,12+/m1/s1. The van der Waals surface area contributed by atoms with E-state index in [0.29, 0.717) is 35.0 Å². The van der Waals surface area contributed by atoms with Gasteiger partial charge in [-0.25, -0.2) is 14.4 Å². The Kier molecular flexibility index (Phi) is 4.54. The van der Waals surface area contributed by atoms with Gasteiger partial charge in [-0.1, -0.05) is 6.92 Å². The molecule has 0 aromatic carbocycles. The highest BCUT2D eigenvalue weighted by atomic mass is 19.1. The molecule has 0 unspecified atom stereocenters. The van der Waals surface area contributed by atoms with Gasteiger partial charge in [0.1, 0.15) is 5.82 Å². The first-order valence-corrected chi connectivity index (χ1v) is 8.13. The third kappa shape index (κ3) is 3.65. The van der Waals surface area contributed by atoms with Gasteiger partial charge in [0.05, 0.1) is 5.69 Å². The van der Waals surface area contributed by atoms with E-state index in [1.54, 1.807) is 13.8 Å². The molecule has 0 saturated heterocycles. The fourth-order valence-corrected chi connectivity index (χ4v) is 3.14. The van der Waals surface area contributed by atoms with Crippen molar-refractivity contribution in [1.82, 2.24) is 20.2 Å². The van der Waals surface area contributed by atoms with Crippen molar-refractivity contribution >= 4 is 5.82 Å². The van der Waals surface area contributed by atoms with Crippen molar-refractivity contribution < 1.29 is 8.81 Å². The lowest BCUT2D eigenvalue weighted by atomic mass is 10.0. The molecule has 0 spiro atoms. The number of nitrogens with zero attached hydrogens (tertiary/aromatic N) is 4. The Hall–Kier alpha value is -2.05. The molecule has 1 aliphatic carbocycles. The quantitative estimate of drug-likeness (QED) is 0.913. The van der Waals surface area contributed by atoms with Crippen LogP contribution in [-0.4, -0.2) is 26.2 Å². The van der Waals surface area contributed by atoms with E-state index >= 15 is 0 Å². The van der Waals surface area contributed by atoms with E-state index < -0.39 is 0 Å². The average Bonchev–Trinajstić information content (AvgIpc) is 3.14. The maximum Gasteiger partial charge on any atom is 0.216 e. The topological polar surface area (TPSA) is 76.7 Å². The van der Waals surface area contributed by atoms with E-state index in [-0.39, 0.29) is 11.9 Å². The second-order valence-electron chi connectivity index (χ2n) is 6.19. The molecule has 124 valence electrons. The van der Waals surface area contributed by atoms with Crippen molar-refractivity contribution in [3.63, 3.8) is 0 Å². The zero-order chi connectivity index (χ0) is 16.4. The van der Waals surface area contributed by atoms with E-state index in [4.69, 9.17) is 4.42 Å². The molecule has 0 radical (unpaired) electrons. The Bertz CT molecular complexity index is 687. The number of anilines is 1. The molecule has 1 fully saturated rings. The minimum atomic E-state index is -0.358. The molecule has 1 saturated carbocycles. The van der Waals surface area contributed by atoms with Crippen molar-refractivity contribution in [2.75, 3.05) is 5.32 Å². The molecule has 6 nitrogen and oxygen atoms in total. The predicted octanol–water partition coefficient (Wildman–Crippen LogP) is 3.00. The van der Waals surface area contributed by atoms with E-state index in [0.717, 1.165) is 32.1 Å². The number of aromatic nitrogens is 4. The van der Waals surface area contributed by atoms with Crippen LogP contribution in [0.5, 0.6) is 0 Å². The molecule has 0 bridgehead atoms. The maximum atomic E-state index is 14.1. The number of halogens is 1. The second kappa shape index (κ2) is 6.60. The largest absolute Gasteiger partial charge is 0.425 e. The second-order valence-corrected chi connectivity index (χ2v) is 6.19. The van der Waals surface area contributed by atoms with E-state index in [1.165, 1.54) is 0 Å². The summed E-state index contributed by atoms with van der Waals surface area (Å²) >= 11 is 0. The van der Waals surface area contributed by atoms with Gasteiger partial charge in [0.2, 0.25) is 11.8 Å². The van der Waals surface area contributed by atoms with Crippen LogP contribution in [0.2, 0.25) is 0 Å². The first-order chi connectivity index (χ1) is 11.0. The summed E-state index contributed by atoms with van der Waals surface area (Å²) < 4.78 is 19.7. The van der Waals surface area contributed by atoms with Gasteiger partial charge in [-0.05, 0) is 39.0 Å². The van der Waals surface area contributed by atoms with Gasteiger partial charge in [-0.2, -0.15) is 0 Å². The molecular formula is C16H22FN5O. The van der Waals surface area contributed by atoms with E-state index in [2.05, 4.69) is 25.5 Å². The summed E-state index contributed by atoms with van der Waals surface area (Å²) in [5.41, 5.74) is 0.382. The van der Waals surface area contributed by atoms with Crippen LogP contribution in [0.15, 0.2) is 4.42 Å². The number of hydrogen-bond donors (Lipinski definition) is 1. The zero-order valence-electron chi connectivity index (χ0n) is 13.8. The van der Waals surface area contributed by atoms with Gasteiger partial charge < -0.3 is 9.73 Å². The number of rotatable bonds is 5. The van der Waals surface area contributed by atoms with Crippen LogP contribution in [-0.2, 0) is 12.8 Å². The van der Waals surface area contributed by atoms with Gasteiger partial charge >= 0.3 is 0 Å². The number of aryl methyl sites for hydroxylation is 3. The van der Waals surface area contributed by atoms with Crippen LogP contribution in [0, 0.1) is 25.6 Å². The van der Waals surface area contributed by atoms with Gasteiger partial charge in [0.15, 0.2) is 11.6 Å². The summed E-state index contributed by atoms with van der Waals surface area (Å²) in [5.74, 6) is 2.40. The molecule has 2 aromatic rings. The summed E-state index contributed by atoms with van der Waals surface area (Å²) in [6, 6.07) is 0.219. The Morgan fingerprint density at radius 3 is 2.70 bits per heavy atom. The lowest BCUT2D eigenvalue weighted by Crippen LogP contribution is -2.19. The molecule has 2 atom stereocenters. The van der Waals surface area contributed by atoms with E-state index in [1.807, 2.05) is 6.92 Å². The maximum absolute atomic E-state index is 14.1. The SMILES string of the molecule is CCc1nnc(C[C@@H]2CC[C@H](Nc3nc(C)nc(C)c3F)C2)o1. The third-order valence-corrected chi connectivity index (χ3v) is 4.29. The zero-order valence-corrected chi connectivity index (χ0v) is 13.8. The van der Waals surface area contributed by atoms with Gasteiger partial charge in [0.25, 0.3) is 0 Å². The predicted molar refractivity (Wildman–Crippen MR) is 83.6 cm³/mol. The summed E-state index contributed by atoms with van der Waals surface area (Å²) in [4.78, 5) is 8.22. The summed E-state index contributed by atoms with van der Waals surface area (Å²) in [6.07, 6.45) is 4.54. The Labute approximate surface area is 134 Å². The van der Waals surface area contributed by atoms with Crippen LogP contribution in [0.25, 0.3) is 0 Å². The smallest absolute Gasteiger partial charge is 0.216 e. The Balaban J connectivity index is 1.59. The minimum absolute atomic E-state index is 0.219. The first-order valence-electron chi connectivity index (χ1n) is 8.13. The van der Waals surface area contributed by atoms with Gasteiger partial charge in [-0.3, -0.25) is 0 Å². The van der Waals surface area contributed by atoms with Crippen molar-refractivity contribution in [3.05, 3.63) is 29.1 Å². The number of hydrogen-bond acceptors (Lipinski definition) is 6. The van der Waals surface area contributed by atoms with Crippen LogP contribution in [0.4, 0.5) is 10.2 Å².